The lowest BCUT2D eigenvalue weighted by molar-refractivity contribution is 0.405. The monoisotopic (exact) mass is 390 g/mol. The van der Waals surface area contributed by atoms with Crippen molar-refractivity contribution in [3.05, 3.63) is 54.6 Å². The molecular weight excluding hydrogens is 364 g/mol. The first kappa shape index (κ1) is 19.1. The molecule has 0 aliphatic carbocycles. The summed E-state index contributed by atoms with van der Waals surface area (Å²) in [4.78, 5) is 12.0. The number of methoxy groups -OCH3 is 2. The molecule has 0 bridgehead atoms. The standard InChI is InChI=1S/C23H26N4O2/c1-28-18-11-12-20(29-2)19(15-18)24-21-16-22(27-13-7-4-8-14-27)26-23(25-21)17-9-5-3-6-10-17/h3,5-6,9-12,15-16H,4,7-8,13-14H2,1-2H3,(H,24,25,26). The van der Waals surface area contributed by atoms with Gasteiger partial charge in [0.2, 0.25) is 0 Å². The largest absolute Gasteiger partial charge is 0.497 e. The number of hydrogen-bond donors (Lipinski definition) is 1. The summed E-state index contributed by atoms with van der Waals surface area (Å²) >= 11 is 0. The van der Waals surface area contributed by atoms with Crippen molar-refractivity contribution in [1.29, 1.82) is 0 Å². The molecule has 0 radical (unpaired) electrons. The van der Waals surface area contributed by atoms with E-state index in [9.17, 15) is 0 Å². The first-order valence-corrected chi connectivity index (χ1v) is 9.95. The molecule has 0 unspecified atom stereocenters. The third kappa shape index (κ3) is 4.42. The summed E-state index contributed by atoms with van der Waals surface area (Å²) < 4.78 is 10.9. The molecule has 1 aliphatic rings. The molecule has 1 saturated heterocycles. The number of nitrogens with one attached hydrogen (secondary N) is 1. The van der Waals surface area contributed by atoms with Crippen molar-refractivity contribution in [3.8, 4) is 22.9 Å². The summed E-state index contributed by atoms with van der Waals surface area (Å²) in [7, 11) is 3.31. The Balaban J connectivity index is 1.74. The van der Waals surface area contributed by atoms with Gasteiger partial charge in [-0.25, -0.2) is 9.97 Å². The zero-order chi connectivity index (χ0) is 20.1. The van der Waals surface area contributed by atoms with E-state index in [0.29, 0.717) is 5.82 Å². The van der Waals surface area contributed by atoms with Crippen LogP contribution in [0.2, 0.25) is 0 Å². The van der Waals surface area contributed by atoms with Gasteiger partial charge >= 0.3 is 0 Å². The number of aromatic nitrogens is 2. The molecule has 3 aromatic rings. The molecular formula is C23H26N4O2. The van der Waals surface area contributed by atoms with Crippen LogP contribution in [0, 0.1) is 0 Å². The molecule has 2 heterocycles. The number of benzene rings is 2. The van der Waals surface area contributed by atoms with Crippen molar-refractivity contribution in [3.63, 3.8) is 0 Å². The molecule has 0 saturated carbocycles. The summed E-state index contributed by atoms with van der Waals surface area (Å²) in [5, 5.41) is 3.41. The van der Waals surface area contributed by atoms with Crippen molar-refractivity contribution in [2.45, 2.75) is 19.3 Å². The van der Waals surface area contributed by atoms with Crippen molar-refractivity contribution in [2.75, 3.05) is 37.5 Å². The van der Waals surface area contributed by atoms with Crippen LogP contribution in [0.1, 0.15) is 19.3 Å². The van der Waals surface area contributed by atoms with Crippen LogP contribution in [0.15, 0.2) is 54.6 Å². The highest BCUT2D eigenvalue weighted by Crippen LogP contribution is 2.33. The lowest BCUT2D eigenvalue weighted by atomic mass is 10.1. The van der Waals surface area contributed by atoms with Crippen LogP contribution in [0.3, 0.4) is 0 Å². The second kappa shape index (κ2) is 8.82. The fourth-order valence-electron chi connectivity index (χ4n) is 3.55. The second-order valence-electron chi connectivity index (χ2n) is 7.04. The molecule has 6 heteroatoms. The molecule has 6 nitrogen and oxygen atoms in total. The number of anilines is 3. The molecule has 1 aromatic heterocycles. The van der Waals surface area contributed by atoms with Crippen LogP contribution in [0.5, 0.6) is 11.5 Å². The minimum Gasteiger partial charge on any atom is -0.497 e. The van der Waals surface area contributed by atoms with Crippen molar-refractivity contribution < 1.29 is 9.47 Å². The van der Waals surface area contributed by atoms with E-state index < -0.39 is 0 Å². The van der Waals surface area contributed by atoms with Gasteiger partial charge in [-0.05, 0) is 31.4 Å². The highest BCUT2D eigenvalue weighted by molar-refractivity contribution is 5.70. The van der Waals surface area contributed by atoms with E-state index in [4.69, 9.17) is 19.4 Å². The molecule has 0 atom stereocenters. The predicted octanol–water partition coefficient (Wildman–Crippen LogP) is 4.89. The fraction of sp³-hybridized carbons (Fsp3) is 0.304. The summed E-state index contributed by atoms with van der Waals surface area (Å²) in [6.07, 6.45) is 3.66. The Morgan fingerprint density at radius 1 is 0.862 bits per heavy atom. The topological polar surface area (TPSA) is 59.5 Å². The van der Waals surface area contributed by atoms with Gasteiger partial charge in [0.25, 0.3) is 0 Å². The molecule has 1 N–H and O–H groups in total. The molecule has 0 amide bonds. The van der Waals surface area contributed by atoms with Gasteiger partial charge in [-0.15, -0.1) is 0 Å². The van der Waals surface area contributed by atoms with Gasteiger partial charge in [0.1, 0.15) is 23.1 Å². The maximum absolute atomic E-state index is 5.51. The average Bonchev–Trinajstić information content (AvgIpc) is 2.80. The van der Waals surface area contributed by atoms with Gasteiger partial charge in [0, 0.05) is 30.8 Å². The average molecular weight is 390 g/mol. The number of ether oxygens (including phenoxy) is 2. The van der Waals surface area contributed by atoms with Crippen LogP contribution >= 0.6 is 0 Å². The van der Waals surface area contributed by atoms with Gasteiger partial charge < -0.3 is 19.7 Å². The van der Waals surface area contributed by atoms with E-state index in [-0.39, 0.29) is 0 Å². The molecule has 4 rings (SSSR count). The van der Waals surface area contributed by atoms with Gasteiger partial charge in [0.05, 0.1) is 19.9 Å². The van der Waals surface area contributed by atoms with E-state index in [1.807, 2.05) is 54.6 Å². The SMILES string of the molecule is COc1ccc(OC)c(Nc2cc(N3CCCCC3)nc(-c3ccccc3)n2)c1. The lowest BCUT2D eigenvalue weighted by Crippen LogP contribution is -2.30. The first-order chi connectivity index (χ1) is 14.3. The number of nitrogens with zero attached hydrogens (tertiary/aromatic N) is 3. The van der Waals surface area contributed by atoms with E-state index >= 15 is 0 Å². The van der Waals surface area contributed by atoms with Crippen LogP contribution in [0.4, 0.5) is 17.3 Å². The van der Waals surface area contributed by atoms with Crippen molar-refractivity contribution in [2.24, 2.45) is 0 Å². The van der Waals surface area contributed by atoms with Crippen LogP contribution in [-0.4, -0.2) is 37.3 Å². The zero-order valence-corrected chi connectivity index (χ0v) is 16.9. The highest BCUT2D eigenvalue weighted by Gasteiger charge is 2.16. The van der Waals surface area contributed by atoms with Crippen molar-refractivity contribution in [1.82, 2.24) is 9.97 Å². The predicted molar refractivity (Wildman–Crippen MR) is 116 cm³/mol. The Kier molecular flexibility index (Phi) is 5.79. The van der Waals surface area contributed by atoms with Gasteiger partial charge in [0.15, 0.2) is 5.82 Å². The van der Waals surface area contributed by atoms with Crippen LogP contribution in [0.25, 0.3) is 11.4 Å². The summed E-state index contributed by atoms with van der Waals surface area (Å²) in [6, 6.07) is 17.7. The van der Waals surface area contributed by atoms with Crippen LogP contribution in [-0.2, 0) is 0 Å². The van der Waals surface area contributed by atoms with E-state index in [1.165, 1.54) is 19.3 Å². The smallest absolute Gasteiger partial charge is 0.163 e. The molecule has 150 valence electrons. The number of piperidine rings is 1. The van der Waals surface area contributed by atoms with Crippen molar-refractivity contribution >= 4 is 17.3 Å². The number of hydrogen-bond acceptors (Lipinski definition) is 6. The third-order valence-electron chi connectivity index (χ3n) is 5.09. The number of rotatable bonds is 6. The summed E-state index contributed by atoms with van der Waals surface area (Å²) in [5.74, 6) is 3.86. The Morgan fingerprint density at radius 2 is 1.66 bits per heavy atom. The van der Waals surface area contributed by atoms with Gasteiger partial charge in [-0.3, -0.25) is 0 Å². The summed E-state index contributed by atoms with van der Waals surface area (Å²) in [5.41, 5.74) is 1.79. The Hall–Kier alpha value is -3.28. The first-order valence-electron chi connectivity index (χ1n) is 9.95. The van der Waals surface area contributed by atoms with E-state index in [0.717, 1.165) is 47.5 Å². The minimum atomic E-state index is 0.707. The summed E-state index contributed by atoms with van der Waals surface area (Å²) in [6.45, 7) is 2.04. The molecule has 2 aromatic carbocycles. The Morgan fingerprint density at radius 3 is 2.38 bits per heavy atom. The third-order valence-corrected chi connectivity index (χ3v) is 5.09. The lowest BCUT2D eigenvalue weighted by Gasteiger charge is -2.28. The highest BCUT2D eigenvalue weighted by atomic mass is 16.5. The molecule has 29 heavy (non-hydrogen) atoms. The maximum atomic E-state index is 5.51. The van der Waals surface area contributed by atoms with Gasteiger partial charge in [-0.1, -0.05) is 30.3 Å². The Bertz CT molecular complexity index is 956. The van der Waals surface area contributed by atoms with Crippen LogP contribution < -0.4 is 19.7 Å². The fourth-order valence-corrected chi connectivity index (χ4v) is 3.55. The van der Waals surface area contributed by atoms with E-state index in [2.05, 4.69) is 10.2 Å². The van der Waals surface area contributed by atoms with Gasteiger partial charge in [-0.2, -0.15) is 0 Å². The normalized spacial score (nSPS) is 13.8. The Labute approximate surface area is 171 Å². The second-order valence-corrected chi connectivity index (χ2v) is 7.04. The quantitative estimate of drug-likeness (QED) is 0.646. The zero-order valence-electron chi connectivity index (χ0n) is 16.9. The minimum absolute atomic E-state index is 0.707. The maximum Gasteiger partial charge on any atom is 0.163 e. The molecule has 1 fully saturated rings. The van der Waals surface area contributed by atoms with E-state index in [1.54, 1.807) is 14.2 Å². The molecule has 0 spiro atoms. The molecule has 1 aliphatic heterocycles.